The van der Waals surface area contributed by atoms with Crippen molar-refractivity contribution < 1.29 is 0 Å². The summed E-state index contributed by atoms with van der Waals surface area (Å²) in [5.74, 6) is 1.06. The van der Waals surface area contributed by atoms with E-state index in [9.17, 15) is 0 Å². The molecule has 0 radical (unpaired) electrons. The molecule has 1 heterocycles. The van der Waals surface area contributed by atoms with Crippen molar-refractivity contribution in [1.29, 1.82) is 0 Å². The van der Waals surface area contributed by atoms with Gasteiger partial charge in [-0.05, 0) is 12.5 Å². The van der Waals surface area contributed by atoms with Crippen molar-refractivity contribution in [2.24, 2.45) is 0 Å². The molecule has 19 heavy (non-hydrogen) atoms. The average molecular weight is 250 g/mol. The number of hydrogen-bond donors (Lipinski definition) is 0. The van der Waals surface area contributed by atoms with E-state index in [1.807, 2.05) is 61.8 Å². The summed E-state index contributed by atoms with van der Waals surface area (Å²) in [6, 6.07) is 22.4. The van der Waals surface area contributed by atoms with E-state index in [0.29, 0.717) is 0 Å². The largest absolute Gasteiger partial charge is 0.331 e. The van der Waals surface area contributed by atoms with Crippen molar-refractivity contribution in [3.63, 3.8) is 0 Å². The number of benzene rings is 2. The zero-order valence-electron chi connectivity index (χ0n) is 11.1. The topological polar surface area (TPSA) is 17.8 Å². The maximum Gasteiger partial charge on any atom is 0.105 e. The highest BCUT2D eigenvalue weighted by Crippen LogP contribution is 2.03. The zero-order chi connectivity index (χ0) is 13.3. The van der Waals surface area contributed by atoms with Gasteiger partial charge in [-0.2, -0.15) is 0 Å². The molecule has 3 rings (SSSR count). The van der Waals surface area contributed by atoms with Crippen LogP contribution in [0.3, 0.4) is 0 Å². The molecular weight excluding hydrogens is 232 g/mol. The number of aromatic nitrogens is 2. The average Bonchev–Trinajstić information content (AvgIpc) is 2.88. The van der Waals surface area contributed by atoms with Crippen LogP contribution in [0.2, 0.25) is 0 Å². The summed E-state index contributed by atoms with van der Waals surface area (Å²) in [7, 11) is 0. The number of rotatable bonds is 2. The first-order valence-electron chi connectivity index (χ1n) is 6.38. The van der Waals surface area contributed by atoms with E-state index in [-0.39, 0.29) is 0 Å². The van der Waals surface area contributed by atoms with Crippen LogP contribution in [-0.2, 0) is 6.54 Å². The van der Waals surface area contributed by atoms with Gasteiger partial charge in [0.05, 0.1) is 0 Å². The Morgan fingerprint density at radius 3 is 1.84 bits per heavy atom. The summed E-state index contributed by atoms with van der Waals surface area (Å²) in [5, 5.41) is 0. The molecule has 0 amide bonds. The number of nitrogens with zero attached hydrogens (tertiary/aromatic N) is 2. The van der Waals surface area contributed by atoms with Crippen LogP contribution in [-0.4, -0.2) is 9.55 Å². The van der Waals surface area contributed by atoms with Crippen molar-refractivity contribution in [1.82, 2.24) is 9.55 Å². The van der Waals surface area contributed by atoms with Crippen LogP contribution in [0.25, 0.3) is 0 Å². The van der Waals surface area contributed by atoms with Gasteiger partial charge < -0.3 is 4.57 Å². The maximum atomic E-state index is 4.18. The Morgan fingerprint density at radius 1 is 0.842 bits per heavy atom. The van der Waals surface area contributed by atoms with Gasteiger partial charge in [-0.15, -0.1) is 0 Å². The van der Waals surface area contributed by atoms with Crippen molar-refractivity contribution in [2.45, 2.75) is 13.5 Å². The quantitative estimate of drug-likeness (QED) is 0.674. The predicted octanol–water partition coefficient (Wildman–Crippen LogP) is 3.93. The van der Waals surface area contributed by atoms with Crippen molar-refractivity contribution in [3.05, 3.63) is 90.5 Å². The van der Waals surface area contributed by atoms with Crippen molar-refractivity contribution in [3.8, 4) is 0 Å². The summed E-state index contributed by atoms with van der Waals surface area (Å²) >= 11 is 0. The third-order valence-corrected chi connectivity index (χ3v) is 2.79. The van der Waals surface area contributed by atoms with E-state index in [1.54, 1.807) is 0 Å². The first-order chi connectivity index (χ1) is 9.36. The third kappa shape index (κ3) is 4.43. The van der Waals surface area contributed by atoms with Crippen LogP contribution < -0.4 is 0 Å². The number of hydrogen-bond acceptors (Lipinski definition) is 1. The van der Waals surface area contributed by atoms with Crippen LogP contribution in [0.5, 0.6) is 0 Å². The van der Waals surface area contributed by atoms with Gasteiger partial charge in [-0.3, -0.25) is 0 Å². The Balaban J connectivity index is 0.000000186. The van der Waals surface area contributed by atoms with Gasteiger partial charge in [0.2, 0.25) is 0 Å². The molecule has 0 spiro atoms. The Morgan fingerprint density at radius 2 is 1.37 bits per heavy atom. The fourth-order valence-electron chi connectivity index (χ4n) is 1.74. The minimum atomic E-state index is 0.909. The van der Waals surface area contributed by atoms with Gasteiger partial charge >= 0.3 is 0 Å². The predicted molar refractivity (Wildman–Crippen MR) is 79.0 cm³/mol. The van der Waals surface area contributed by atoms with E-state index < -0.39 is 0 Å². The summed E-state index contributed by atoms with van der Waals surface area (Å²) in [6.45, 7) is 2.93. The van der Waals surface area contributed by atoms with E-state index >= 15 is 0 Å². The summed E-state index contributed by atoms with van der Waals surface area (Å²) in [5.41, 5.74) is 1.31. The van der Waals surface area contributed by atoms with E-state index in [2.05, 4.69) is 33.8 Å². The highest BCUT2D eigenvalue weighted by atomic mass is 15.0. The molecule has 3 aromatic rings. The standard InChI is InChI=1S/C11H12N2.C6H6/c1-10-12-7-8-13(10)9-11-5-3-2-4-6-11;1-2-4-6-5-3-1/h2-8H,9H2,1H3;1-6H. The summed E-state index contributed by atoms with van der Waals surface area (Å²) < 4.78 is 2.13. The smallest absolute Gasteiger partial charge is 0.105 e. The van der Waals surface area contributed by atoms with Crippen LogP contribution in [0.15, 0.2) is 79.1 Å². The first kappa shape index (κ1) is 13.1. The van der Waals surface area contributed by atoms with E-state index in [0.717, 1.165) is 12.4 Å². The van der Waals surface area contributed by atoms with Crippen LogP contribution in [0.4, 0.5) is 0 Å². The second-order valence-corrected chi connectivity index (χ2v) is 4.24. The Labute approximate surface area is 114 Å². The summed E-state index contributed by atoms with van der Waals surface area (Å²) in [6.07, 6.45) is 3.83. The molecule has 0 atom stereocenters. The molecule has 2 heteroatoms. The SMILES string of the molecule is Cc1nccn1Cc1ccccc1.c1ccccc1. The van der Waals surface area contributed by atoms with Crippen molar-refractivity contribution in [2.75, 3.05) is 0 Å². The van der Waals surface area contributed by atoms with Crippen LogP contribution in [0, 0.1) is 6.92 Å². The van der Waals surface area contributed by atoms with Crippen molar-refractivity contribution >= 4 is 0 Å². The summed E-state index contributed by atoms with van der Waals surface area (Å²) in [4.78, 5) is 4.18. The molecule has 0 aliphatic heterocycles. The third-order valence-electron chi connectivity index (χ3n) is 2.79. The van der Waals surface area contributed by atoms with E-state index in [4.69, 9.17) is 0 Å². The maximum absolute atomic E-state index is 4.18. The van der Waals surface area contributed by atoms with E-state index in [1.165, 1.54) is 5.56 Å². The molecule has 1 aromatic heterocycles. The van der Waals surface area contributed by atoms with Crippen LogP contribution >= 0.6 is 0 Å². The lowest BCUT2D eigenvalue weighted by Crippen LogP contribution is -1.99. The molecule has 0 saturated heterocycles. The number of imidazole rings is 1. The lowest BCUT2D eigenvalue weighted by molar-refractivity contribution is 0.762. The monoisotopic (exact) mass is 250 g/mol. The first-order valence-corrected chi connectivity index (χ1v) is 6.38. The minimum Gasteiger partial charge on any atom is -0.331 e. The van der Waals surface area contributed by atoms with Gasteiger partial charge in [-0.25, -0.2) is 4.98 Å². The van der Waals surface area contributed by atoms with Gasteiger partial charge in [-0.1, -0.05) is 66.7 Å². The Kier molecular flexibility index (Phi) is 4.94. The van der Waals surface area contributed by atoms with Gasteiger partial charge in [0, 0.05) is 18.9 Å². The fourth-order valence-corrected chi connectivity index (χ4v) is 1.74. The normalized spacial score (nSPS) is 9.53. The molecule has 0 aliphatic carbocycles. The lowest BCUT2D eigenvalue weighted by atomic mass is 10.2. The molecule has 0 bridgehead atoms. The molecule has 0 unspecified atom stereocenters. The Bertz CT molecular complexity index is 544. The van der Waals surface area contributed by atoms with Gasteiger partial charge in [0.15, 0.2) is 0 Å². The molecule has 2 aromatic carbocycles. The Hall–Kier alpha value is -2.35. The molecule has 0 saturated carbocycles. The van der Waals surface area contributed by atoms with Crippen LogP contribution in [0.1, 0.15) is 11.4 Å². The highest BCUT2D eigenvalue weighted by Gasteiger charge is 1.96. The lowest BCUT2D eigenvalue weighted by Gasteiger charge is -2.03. The van der Waals surface area contributed by atoms with Gasteiger partial charge in [0.1, 0.15) is 5.82 Å². The second kappa shape index (κ2) is 7.17. The molecule has 0 N–H and O–H groups in total. The minimum absolute atomic E-state index is 0.909. The molecule has 2 nitrogen and oxygen atoms in total. The molecule has 96 valence electrons. The molecule has 0 aliphatic rings. The highest BCUT2D eigenvalue weighted by molar-refractivity contribution is 5.15. The molecular formula is C17H18N2. The molecule has 0 fully saturated rings. The fraction of sp³-hybridized carbons (Fsp3) is 0.118. The zero-order valence-corrected chi connectivity index (χ0v) is 11.1. The number of aryl methyl sites for hydroxylation is 1. The second-order valence-electron chi connectivity index (χ2n) is 4.24. The van der Waals surface area contributed by atoms with Gasteiger partial charge in [0.25, 0.3) is 0 Å².